The van der Waals surface area contributed by atoms with Crippen LogP contribution >= 0.6 is 0 Å². The van der Waals surface area contributed by atoms with Gasteiger partial charge in [0.25, 0.3) is 5.91 Å². The van der Waals surface area contributed by atoms with Crippen LogP contribution in [0.1, 0.15) is 95.6 Å². The molecule has 258 valence electrons. The fraction of sp³-hybridized carbons (Fsp3) is 0.676. The number of amides is 1. The number of carbonyl (C=O) groups is 1. The molecule has 0 unspecified atom stereocenters. The van der Waals surface area contributed by atoms with Gasteiger partial charge in [0.1, 0.15) is 24.1 Å². The minimum atomic E-state index is -3.75. The van der Waals surface area contributed by atoms with Crippen molar-refractivity contribution in [2.24, 2.45) is 0 Å². The molecular formula is C34H51F2N3O7. The van der Waals surface area contributed by atoms with Crippen molar-refractivity contribution in [1.82, 2.24) is 9.55 Å². The van der Waals surface area contributed by atoms with Crippen molar-refractivity contribution in [1.29, 1.82) is 0 Å². The molecule has 0 radical (unpaired) electrons. The predicted octanol–water partition coefficient (Wildman–Crippen LogP) is 6.40. The van der Waals surface area contributed by atoms with Crippen LogP contribution in [0.4, 0.5) is 14.6 Å². The molecule has 1 aromatic carbocycles. The van der Waals surface area contributed by atoms with E-state index in [1.54, 1.807) is 30.3 Å². The molecular weight excluding hydrogens is 600 g/mol. The molecule has 12 heteroatoms. The van der Waals surface area contributed by atoms with Crippen LogP contribution in [0.2, 0.25) is 0 Å². The predicted molar refractivity (Wildman–Crippen MR) is 171 cm³/mol. The van der Waals surface area contributed by atoms with Crippen LogP contribution in [0.5, 0.6) is 0 Å². The lowest BCUT2D eigenvalue weighted by Crippen LogP contribution is -2.55. The van der Waals surface area contributed by atoms with E-state index in [0.29, 0.717) is 38.0 Å². The number of ether oxygens (including phenoxy) is 5. The molecule has 1 aliphatic rings. The number of halogens is 2. The molecule has 1 amide bonds. The quantitative estimate of drug-likeness (QED) is 0.164. The van der Waals surface area contributed by atoms with Gasteiger partial charge in [-0.1, -0.05) is 71.6 Å². The minimum absolute atomic E-state index is 0.0495. The highest BCUT2D eigenvalue weighted by Crippen LogP contribution is 2.43. The van der Waals surface area contributed by atoms with E-state index < -0.39 is 48.2 Å². The zero-order valence-electron chi connectivity index (χ0n) is 27.6. The third-order valence-corrected chi connectivity index (χ3v) is 7.70. The van der Waals surface area contributed by atoms with Crippen molar-refractivity contribution in [3.05, 3.63) is 58.6 Å². The second-order valence-electron chi connectivity index (χ2n) is 11.5. The summed E-state index contributed by atoms with van der Waals surface area (Å²) < 4.78 is 64.9. The summed E-state index contributed by atoms with van der Waals surface area (Å²) >= 11 is 0. The van der Waals surface area contributed by atoms with Gasteiger partial charge in [0.2, 0.25) is 6.23 Å². The summed E-state index contributed by atoms with van der Waals surface area (Å²) in [5.74, 6) is -4.33. The van der Waals surface area contributed by atoms with E-state index in [1.807, 2.05) is 27.7 Å². The molecule has 1 saturated heterocycles. The molecule has 2 aromatic rings. The van der Waals surface area contributed by atoms with Crippen LogP contribution in [0, 0.1) is 0 Å². The lowest BCUT2D eigenvalue weighted by atomic mass is 9.98. The molecule has 1 aromatic heterocycles. The van der Waals surface area contributed by atoms with Crippen molar-refractivity contribution in [3.63, 3.8) is 0 Å². The Morgan fingerprint density at radius 2 is 1.46 bits per heavy atom. The fourth-order valence-corrected chi connectivity index (χ4v) is 5.02. The largest absolute Gasteiger partial charge is 0.379 e. The second-order valence-corrected chi connectivity index (χ2v) is 11.5. The number of rotatable bonds is 20. The van der Waals surface area contributed by atoms with Gasteiger partial charge < -0.3 is 29.0 Å². The summed E-state index contributed by atoms with van der Waals surface area (Å²) in [5, 5.41) is 2.55. The number of nitrogens with zero attached hydrogens (tertiary/aromatic N) is 2. The number of anilines is 1. The molecule has 0 spiro atoms. The van der Waals surface area contributed by atoms with Gasteiger partial charge >= 0.3 is 11.6 Å². The van der Waals surface area contributed by atoms with Gasteiger partial charge in [0.15, 0.2) is 6.10 Å². The van der Waals surface area contributed by atoms with Gasteiger partial charge in [-0.3, -0.25) is 9.36 Å². The van der Waals surface area contributed by atoms with Crippen LogP contribution in [0.25, 0.3) is 0 Å². The summed E-state index contributed by atoms with van der Waals surface area (Å²) in [6.45, 7) is 8.93. The van der Waals surface area contributed by atoms with Crippen LogP contribution in [-0.2, 0) is 23.7 Å². The number of carbonyl (C=O) groups excluding carboxylic acids is 1. The van der Waals surface area contributed by atoms with Crippen LogP contribution in [-0.4, -0.2) is 78.8 Å². The summed E-state index contributed by atoms with van der Waals surface area (Å²) in [7, 11) is 0. The van der Waals surface area contributed by atoms with E-state index >= 15 is 8.78 Å². The van der Waals surface area contributed by atoms with Gasteiger partial charge in [-0.2, -0.15) is 13.8 Å². The third kappa shape index (κ3) is 10.6. The summed E-state index contributed by atoms with van der Waals surface area (Å²) in [6.07, 6.45) is 0.0675. The third-order valence-electron chi connectivity index (χ3n) is 7.70. The average Bonchev–Trinajstić information content (AvgIpc) is 3.12. The highest BCUT2D eigenvalue weighted by Gasteiger charge is 2.60. The molecule has 0 bridgehead atoms. The number of alkyl halides is 2. The highest BCUT2D eigenvalue weighted by atomic mass is 19.3. The Bertz CT molecular complexity index is 1220. The first-order valence-electron chi connectivity index (χ1n) is 16.7. The van der Waals surface area contributed by atoms with Crippen molar-refractivity contribution < 1.29 is 37.3 Å². The van der Waals surface area contributed by atoms with E-state index in [4.69, 9.17) is 23.7 Å². The fourth-order valence-electron chi connectivity index (χ4n) is 5.02. The summed E-state index contributed by atoms with van der Waals surface area (Å²) in [4.78, 5) is 29.9. The minimum Gasteiger partial charge on any atom is -0.379 e. The Hall–Kier alpha value is -2.77. The molecule has 1 aliphatic heterocycles. The van der Waals surface area contributed by atoms with Gasteiger partial charge in [-0.25, -0.2) is 4.79 Å². The SMILES string of the molecule is CCCCOC[C@H]1O[C@@H](n2ccc(NC(=O)c3ccccc3)nc2=O)C(F)(F)[C@H](OCCCC)[C@@H](OCCCC)[C@@H]1OCCCC. The molecule has 3 rings (SSSR count). The number of hydrogen-bond donors (Lipinski definition) is 1. The number of hydrogen-bond acceptors (Lipinski definition) is 8. The molecule has 46 heavy (non-hydrogen) atoms. The Balaban J connectivity index is 2.05. The smallest absolute Gasteiger partial charge is 0.351 e. The number of nitrogens with one attached hydrogen (secondary N) is 1. The first-order chi connectivity index (χ1) is 22.3. The standard InChI is InChI=1S/C34H51F2N3O7/c1-5-9-20-42-24-26-28(43-21-10-6-2)29(44-22-11-7-3)30(45-23-12-8-4)34(35,36)32(46-26)39-19-18-27(38-33(39)41)37-31(40)25-16-14-13-15-17-25/h13-19,26,28-30,32H,5-12,20-24H2,1-4H3,(H,37,38,40,41)/t26-,28-,29+,30-,32-/m1/s1. The first-order valence-corrected chi connectivity index (χ1v) is 16.7. The Labute approximate surface area is 271 Å². The van der Waals surface area contributed by atoms with E-state index in [1.165, 1.54) is 6.07 Å². The van der Waals surface area contributed by atoms with Crippen molar-refractivity contribution in [3.8, 4) is 0 Å². The van der Waals surface area contributed by atoms with Crippen molar-refractivity contribution in [2.45, 2.75) is 116 Å². The second kappa shape index (κ2) is 19.8. The maximum atomic E-state index is 16.9. The van der Waals surface area contributed by atoms with E-state index in [9.17, 15) is 9.59 Å². The molecule has 1 N–H and O–H groups in total. The van der Waals surface area contributed by atoms with E-state index in [-0.39, 0.29) is 25.6 Å². The maximum absolute atomic E-state index is 16.9. The monoisotopic (exact) mass is 651 g/mol. The zero-order valence-corrected chi connectivity index (χ0v) is 27.6. The van der Waals surface area contributed by atoms with Crippen LogP contribution in [0.3, 0.4) is 0 Å². The summed E-state index contributed by atoms with van der Waals surface area (Å²) in [5.41, 5.74) is -0.671. The molecule has 1 fully saturated rings. The Kier molecular flexibility index (Phi) is 16.2. The molecule has 5 atom stereocenters. The van der Waals surface area contributed by atoms with E-state index in [2.05, 4.69) is 10.3 Å². The van der Waals surface area contributed by atoms with Gasteiger partial charge in [-0.15, -0.1) is 0 Å². The zero-order chi connectivity index (χ0) is 33.4. The molecule has 10 nitrogen and oxygen atoms in total. The van der Waals surface area contributed by atoms with E-state index in [0.717, 1.165) is 42.9 Å². The molecule has 0 aliphatic carbocycles. The maximum Gasteiger partial charge on any atom is 0.351 e. The van der Waals surface area contributed by atoms with Crippen molar-refractivity contribution in [2.75, 3.05) is 38.4 Å². The number of benzene rings is 1. The van der Waals surface area contributed by atoms with Gasteiger partial charge in [0, 0.05) is 38.2 Å². The lowest BCUT2D eigenvalue weighted by Gasteiger charge is -2.36. The number of aromatic nitrogens is 2. The normalized spacial score (nSPS) is 22.8. The Morgan fingerprint density at radius 3 is 2.07 bits per heavy atom. The molecule has 0 saturated carbocycles. The van der Waals surface area contributed by atoms with Crippen molar-refractivity contribution >= 4 is 11.7 Å². The highest BCUT2D eigenvalue weighted by molar-refractivity contribution is 6.03. The van der Waals surface area contributed by atoms with Gasteiger partial charge in [-0.05, 0) is 43.9 Å². The van der Waals surface area contributed by atoms with Crippen LogP contribution < -0.4 is 11.0 Å². The topological polar surface area (TPSA) is 110 Å². The summed E-state index contributed by atoms with van der Waals surface area (Å²) in [6, 6.07) is 9.67. The molecule has 2 heterocycles. The number of unbranched alkanes of at least 4 members (excludes halogenated alkanes) is 4. The van der Waals surface area contributed by atoms with Gasteiger partial charge in [0.05, 0.1) is 6.61 Å². The Morgan fingerprint density at radius 1 is 0.870 bits per heavy atom. The van der Waals surface area contributed by atoms with Crippen LogP contribution in [0.15, 0.2) is 47.4 Å². The first kappa shape index (κ1) is 37.7. The average molecular weight is 652 g/mol. The lowest BCUT2D eigenvalue weighted by molar-refractivity contribution is -0.248.